The molecule has 148 valence electrons. The van der Waals surface area contributed by atoms with Crippen molar-refractivity contribution in [3.63, 3.8) is 0 Å². The number of rotatable bonds is 5. The fourth-order valence-corrected chi connectivity index (χ4v) is 3.38. The molecule has 5 nitrogen and oxygen atoms in total. The Bertz CT molecular complexity index is 784. The fraction of sp³-hybridized carbons (Fsp3) is 0.500. The zero-order chi connectivity index (χ0) is 20.4. The van der Waals surface area contributed by atoms with Crippen molar-refractivity contribution in [3.8, 4) is 0 Å². The van der Waals surface area contributed by atoms with E-state index in [1.165, 1.54) is 7.05 Å². The van der Waals surface area contributed by atoms with Gasteiger partial charge in [0.25, 0.3) is 0 Å². The second kappa shape index (κ2) is 7.92. The predicted octanol–water partition coefficient (Wildman–Crippen LogP) is 4.14. The standard InChI is InChI=1S/C18H23F3N4OS/c1-12(27-16-23-22-15(24(16)5)18(19,20)21)14(26)25(17(2,3)4)11-13-9-7-6-8-10-13/h6-10,12H,11H2,1-5H3/t12-/m1/s1. The minimum Gasteiger partial charge on any atom is -0.333 e. The smallest absolute Gasteiger partial charge is 0.333 e. The minimum atomic E-state index is -4.58. The lowest BCUT2D eigenvalue weighted by molar-refractivity contribution is -0.147. The Labute approximate surface area is 161 Å². The van der Waals surface area contributed by atoms with Gasteiger partial charge in [-0.15, -0.1) is 10.2 Å². The zero-order valence-electron chi connectivity index (χ0n) is 15.9. The van der Waals surface area contributed by atoms with Crippen molar-refractivity contribution >= 4 is 17.7 Å². The van der Waals surface area contributed by atoms with Crippen molar-refractivity contribution in [1.82, 2.24) is 19.7 Å². The first-order chi connectivity index (χ1) is 12.4. The molecule has 0 aliphatic carbocycles. The van der Waals surface area contributed by atoms with Crippen LogP contribution in [0.2, 0.25) is 0 Å². The molecule has 0 saturated heterocycles. The van der Waals surface area contributed by atoms with Crippen LogP contribution in [-0.2, 0) is 24.6 Å². The average molecular weight is 400 g/mol. The lowest BCUT2D eigenvalue weighted by Gasteiger charge is -2.37. The fourth-order valence-electron chi connectivity index (χ4n) is 2.50. The molecule has 0 fully saturated rings. The molecular formula is C18H23F3N4OS. The summed E-state index contributed by atoms with van der Waals surface area (Å²) >= 11 is 0.968. The van der Waals surface area contributed by atoms with Gasteiger partial charge in [0.15, 0.2) is 5.16 Å². The molecule has 2 rings (SSSR count). The molecule has 0 unspecified atom stereocenters. The van der Waals surface area contributed by atoms with Gasteiger partial charge in [-0.05, 0) is 33.3 Å². The van der Waals surface area contributed by atoms with Crippen molar-refractivity contribution in [3.05, 3.63) is 41.7 Å². The van der Waals surface area contributed by atoms with Gasteiger partial charge in [0.1, 0.15) is 0 Å². The SMILES string of the molecule is C[C@@H](Sc1nnc(C(F)(F)F)n1C)C(=O)N(Cc1ccccc1)C(C)(C)C. The van der Waals surface area contributed by atoms with Crippen molar-refractivity contribution in [2.45, 2.75) is 56.4 Å². The molecule has 0 aliphatic heterocycles. The first-order valence-electron chi connectivity index (χ1n) is 8.40. The van der Waals surface area contributed by atoms with Crippen molar-refractivity contribution in [2.24, 2.45) is 7.05 Å². The molecule has 1 aromatic carbocycles. The van der Waals surface area contributed by atoms with Crippen molar-refractivity contribution < 1.29 is 18.0 Å². The van der Waals surface area contributed by atoms with Crippen LogP contribution in [0.3, 0.4) is 0 Å². The van der Waals surface area contributed by atoms with Crippen LogP contribution < -0.4 is 0 Å². The maximum Gasteiger partial charge on any atom is 0.451 e. The first-order valence-corrected chi connectivity index (χ1v) is 9.28. The molecule has 0 saturated carbocycles. The Kier molecular flexibility index (Phi) is 6.24. The first kappa shape index (κ1) is 21.3. The molecule has 0 spiro atoms. The molecule has 1 atom stereocenters. The van der Waals surface area contributed by atoms with Gasteiger partial charge in [0, 0.05) is 19.1 Å². The number of hydrogen-bond donors (Lipinski definition) is 0. The van der Waals surface area contributed by atoms with Crippen LogP contribution in [0.25, 0.3) is 0 Å². The molecule has 0 aliphatic rings. The summed E-state index contributed by atoms with van der Waals surface area (Å²) in [6.45, 7) is 7.86. The van der Waals surface area contributed by atoms with Gasteiger partial charge >= 0.3 is 6.18 Å². The number of alkyl halides is 3. The third-order valence-electron chi connectivity index (χ3n) is 3.98. The number of thioether (sulfide) groups is 1. The Hall–Kier alpha value is -2.03. The number of hydrogen-bond acceptors (Lipinski definition) is 4. The number of aromatic nitrogens is 3. The van der Waals surface area contributed by atoms with E-state index in [1.54, 1.807) is 11.8 Å². The molecule has 2 aromatic rings. The summed E-state index contributed by atoms with van der Waals surface area (Å²) in [6, 6.07) is 9.57. The van der Waals surface area contributed by atoms with E-state index in [0.29, 0.717) is 6.54 Å². The van der Waals surface area contributed by atoms with Gasteiger partial charge in [0.05, 0.1) is 5.25 Å². The largest absolute Gasteiger partial charge is 0.451 e. The number of carbonyl (C=O) groups excluding carboxylic acids is 1. The summed E-state index contributed by atoms with van der Waals surface area (Å²) in [7, 11) is 1.24. The maximum absolute atomic E-state index is 13.0. The Morgan fingerprint density at radius 2 is 1.78 bits per heavy atom. The van der Waals surface area contributed by atoms with E-state index < -0.39 is 22.8 Å². The van der Waals surface area contributed by atoms with Gasteiger partial charge in [-0.25, -0.2) is 0 Å². The van der Waals surface area contributed by atoms with E-state index in [0.717, 1.165) is 21.9 Å². The third-order valence-corrected chi connectivity index (χ3v) is 5.10. The van der Waals surface area contributed by atoms with Gasteiger partial charge in [0.2, 0.25) is 11.7 Å². The van der Waals surface area contributed by atoms with Crippen LogP contribution in [0.5, 0.6) is 0 Å². The summed E-state index contributed by atoms with van der Waals surface area (Å²) in [4.78, 5) is 14.8. The molecule has 0 radical (unpaired) electrons. The van der Waals surface area contributed by atoms with Crippen molar-refractivity contribution in [1.29, 1.82) is 0 Å². The second-order valence-corrected chi connectivity index (χ2v) is 8.51. The summed E-state index contributed by atoms with van der Waals surface area (Å²) in [6.07, 6.45) is -4.58. The summed E-state index contributed by atoms with van der Waals surface area (Å²) in [5, 5.41) is 6.24. The number of amides is 1. The molecule has 0 N–H and O–H groups in total. The lowest BCUT2D eigenvalue weighted by atomic mass is 10.0. The Morgan fingerprint density at radius 1 is 1.19 bits per heavy atom. The summed E-state index contributed by atoms with van der Waals surface area (Å²) in [5.74, 6) is -1.26. The monoisotopic (exact) mass is 400 g/mol. The highest BCUT2D eigenvalue weighted by Gasteiger charge is 2.38. The molecule has 1 heterocycles. The van der Waals surface area contributed by atoms with Crippen LogP contribution in [0, 0.1) is 0 Å². The van der Waals surface area contributed by atoms with Crippen LogP contribution >= 0.6 is 11.8 Å². The maximum atomic E-state index is 13.0. The topological polar surface area (TPSA) is 51.0 Å². The predicted molar refractivity (Wildman–Crippen MR) is 98.1 cm³/mol. The number of halogens is 3. The minimum absolute atomic E-state index is 0.0525. The molecule has 9 heteroatoms. The lowest BCUT2D eigenvalue weighted by Crippen LogP contribution is -2.48. The highest BCUT2D eigenvalue weighted by atomic mass is 32.2. The number of nitrogens with zero attached hydrogens (tertiary/aromatic N) is 4. The van der Waals surface area contributed by atoms with Gasteiger partial charge < -0.3 is 9.47 Å². The molecule has 1 amide bonds. The third kappa shape index (κ3) is 5.24. The second-order valence-electron chi connectivity index (χ2n) is 7.20. The molecule has 27 heavy (non-hydrogen) atoms. The van der Waals surface area contributed by atoms with E-state index in [2.05, 4.69) is 10.2 Å². The van der Waals surface area contributed by atoms with Gasteiger partial charge in [-0.1, -0.05) is 42.1 Å². The molecule has 1 aromatic heterocycles. The summed E-state index contributed by atoms with van der Waals surface area (Å²) < 4.78 is 39.5. The normalized spacial score (nSPS) is 13.5. The van der Waals surface area contributed by atoms with Crippen LogP contribution in [0.15, 0.2) is 35.5 Å². The van der Waals surface area contributed by atoms with E-state index in [-0.39, 0.29) is 11.1 Å². The highest BCUT2D eigenvalue weighted by Crippen LogP contribution is 2.32. The number of carbonyl (C=O) groups is 1. The summed E-state index contributed by atoms with van der Waals surface area (Å²) in [5.41, 5.74) is 0.537. The number of benzene rings is 1. The van der Waals surface area contributed by atoms with Crippen LogP contribution in [0.4, 0.5) is 13.2 Å². The Balaban J connectivity index is 2.19. The van der Waals surface area contributed by atoms with Crippen LogP contribution in [-0.4, -0.2) is 36.4 Å². The van der Waals surface area contributed by atoms with Crippen molar-refractivity contribution in [2.75, 3.05) is 0 Å². The van der Waals surface area contributed by atoms with E-state index in [1.807, 2.05) is 51.1 Å². The average Bonchev–Trinajstić information content (AvgIpc) is 2.93. The highest BCUT2D eigenvalue weighted by molar-refractivity contribution is 8.00. The molecular weight excluding hydrogens is 377 g/mol. The van der Waals surface area contributed by atoms with Gasteiger partial charge in [-0.3, -0.25) is 4.79 Å². The Morgan fingerprint density at radius 3 is 2.26 bits per heavy atom. The van der Waals surface area contributed by atoms with E-state index >= 15 is 0 Å². The quantitative estimate of drug-likeness (QED) is 0.708. The van der Waals surface area contributed by atoms with Crippen LogP contribution in [0.1, 0.15) is 39.1 Å². The zero-order valence-corrected chi connectivity index (χ0v) is 16.7. The van der Waals surface area contributed by atoms with E-state index in [4.69, 9.17) is 0 Å². The van der Waals surface area contributed by atoms with Gasteiger partial charge in [-0.2, -0.15) is 13.2 Å². The van der Waals surface area contributed by atoms with E-state index in [9.17, 15) is 18.0 Å². The molecule has 0 bridgehead atoms.